The Balaban J connectivity index is 1.64. The fourth-order valence-electron chi connectivity index (χ4n) is 3.42. The molecule has 2 aromatic rings. The lowest BCUT2D eigenvalue weighted by molar-refractivity contribution is 0.175. The lowest BCUT2D eigenvalue weighted by Gasteiger charge is -2.30. The third-order valence-corrected chi connectivity index (χ3v) is 4.64. The van der Waals surface area contributed by atoms with Crippen LogP contribution in [0.2, 0.25) is 0 Å². The molecule has 4 nitrogen and oxygen atoms in total. The topological polar surface area (TPSA) is 34.0 Å². The molecule has 2 heterocycles. The van der Waals surface area contributed by atoms with Crippen molar-refractivity contribution < 1.29 is 4.39 Å². The molecule has 118 valence electrons. The van der Waals surface area contributed by atoms with Gasteiger partial charge in [-0.25, -0.2) is 4.39 Å². The van der Waals surface area contributed by atoms with E-state index in [4.69, 9.17) is 0 Å². The lowest BCUT2D eigenvalue weighted by Crippen LogP contribution is -2.34. The van der Waals surface area contributed by atoms with Gasteiger partial charge in [-0.1, -0.05) is 12.1 Å². The van der Waals surface area contributed by atoms with Crippen LogP contribution < -0.4 is 0 Å². The standard InChI is InChI=1S/C17H23FN4/c1-13(8-9-14-5-3-6-15(18)11-14)22-10-4-7-16(22)17-20-19-12-21(17)2/h3,5-6,11-13,16H,4,7-10H2,1-2H3/t13-,16+/m0/s1. The summed E-state index contributed by atoms with van der Waals surface area (Å²) in [5.41, 5.74) is 1.07. The zero-order valence-corrected chi connectivity index (χ0v) is 13.2. The summed E-state index contributed by atoms with van der Waals surface area (Å²) in [4.78, 5) is 2.52. The molecule has 1 saturated heterocycles. The Hall–Kier alpha value is -1.75. The minimum Gasteiger partial charge on any atom is -0.319 e. The van der Waals surface area contributed by atoms with Crippen LogP contribution >= 0.6 is 0 Å². The molecule has 1 aromatic carbocycles. The molecule has 1 aromatic heterocycles. The Morgan fingerprint density at radius 2 is 2.27 bits per heavy atom. The third kappa shape index (κ3) is 3.19. The van der Waals surface area contributed by atoms with Crippen LogP contribution in [0.25, 0.3) is 0 Å². The molecular formula is C17H23FN4. The summed E-state index contributed by atoms with van der Waals surface area (Å²) < 4.78 is 15.3. The highest BCUT2D eigenvalue weighted by Crippen LogP contribution is 2.33. The van der Waals surface area contributed by atoms with Crippen molar-refractivity contribution in [3.8, 4) is 0 Å². The molecule has 0 spiro atoms. The molecule has 0 aliphatic carbocycles. The van der Waals surface area contributed by atoms with Gasteiger partial charge in [0.05, 0.1) is 6.04 Å². The second-order valence-electron chi connectivity index (χ2n) is 6.21. The number of aryl methyl sites for hydroxylation is 2. The van der Waals surface area contributed by atoms with Crippen molar-refractivity contribution in [3.05, 3.63) is 47.8 Å². The van der Waals surface area contributed by atoms with Crippen LogP contribution in [0.3, 0.4) is 0 Å². The van der Waals surface area contributed by atoms with E-state index < -0.39 is 0 Å². The first-order valence-corrected chi connectivity index (χ1v) is 7.99. The molecule has 0 saturated carbocycles. The molecule has 22 heavy (non-hydrogen) atoms. The van der Waals surface area contributed by atoms with Crippen molar-refractivity contribution in [1.82, 2.24) is 19.7 Å². The van der Waals surface area contributed by atoms with Crippen molar-refractivity contribution >= 4 is 0 Å². The maximum Gasteiger partial charge on any atom is 0.149 e. The zero-order valence-electron chi connectivity index (χ0n) is 13.2. The largest absolute Gasteiger partial charge is 0.319 e. The highest BCUT2D eigenvalue weighted by atomic mass is 19.1. The molecule has 0 radical (unpaired) electrons. The monoisotopic (exact) mass is 302 g/mol. The van der Waals surface area contributed by atoms with Gasteiger partial charge in [-0.2, -0.15) is 0 Å². The Morgan fingerprint density at radius 3 is 3.00 bits per heavy atom. The van der Waals surface area contributed by atoms with Gasteiger partial charge in [0.1, 0.15) is 18.0 Å². The SMILES string of the molecule is C[C@@H](CCc1cccc(F)c1)N1CCC[C@@H]1c1nncn1C. The zero-order chi connectivity index (χ0) is 15.5. The molecule has 1 aliphatic rings. The normalized spacial score (nSPS) is 20.4. The number of likely N-dealkylation sites (tertiary alicyclic amines) is 1. The summed E-state index contributed by atoms with van der Waals surface area (Å²) in [5.74, 6) is 0.901. The van der Waals surface area contributed by atoms with Crippen LogP contribution in [0.5, 0.6) is 0 Å². The fourth-order valence-corrected chi connectivity index (χ4v) is 3.42. The first kappa shape index (κ1) is 15.2. The molecule has 0 N–H and O–H groups in total. The number of hydrogen-bond donors (Lipinski definition) is 0. The van der Waals surface area contributed by atoms with Gasteiger partial charge in [-0.15, -0.1) is 10.2 Å². The van der Waals surface area contributed by atoms with Gasteiger partial charge in [-0.05, 0) is 56.8 Å². The fraction of sp³-hybridized carbons (Fsp3) is 0.529. The van der Waals surface area contributed by atoms with Gasteiger partial charge in [-0.3, -0.25) is 4.90 Å². The Kier molecular flexibility index (Phi) is 4.52. The van der Waals surface area contributed by atoms with Gasteiger partial charge < -0.3 is 4.57 Å². The van der Waals surface area contributed by atoms with Crippen LogP contribution in [0.1, 0.15) is 43.6 Å². The van der Waals surface area contributed by atoms with Crippen molar-refractivity contribution in [2.24, 2.45) is 7.05 Å². The van der Waals surface area contributed by atoms with E-state index in [1.165, 1.54) is 12.5 Å². The molecule has 0 bridgehead atoms. The number of aromatic nitrogens is 3. The minimum atomic E-state index is -0.150. The van der Waals surface area contributed by atoms with E-state index in [-0.39, 0.29) is 5.82 Å². The molecule has 5 heteroatoms. The highest BCUT2D eigenvalue weighted by Gasteiger charge is 2.32. The Labute approximate surface area is 131 Å². The predicted molar refractivity (Wildman–Crippen MR) is 83.9 cm³/mol. The third-order valence-electron chi connectivity index (χ3n) is 4.64. The van der Waals surface area contributed by atoms with Crippen LogP contribution in [-0.2, 0) is 13.5 Å². The van der Waals surface area contributed by atoms with Gasteiger partial charge in [0, 0.05) is 13.1 Å². The number of hydrogen-bond acceptors (Lipinski definition) is 3. The summed E-state index contributed by atoms with van der Waals surface area (Å²) in [6.07, 6.45) is 6.03. The van der Waals surface area contributed by atoms with E-state index in [1.54, 1.807) is 18.5 Å². The first-order chi connectivity index (χ1) is 10.6. The van der Waals surface area contributed by atoms with Crippen molar-refractivity contribution in [2.45, 2.75) is 44.7 Å². The van der Waals surface area contributed by atoms with E-state index in [0.717, 1.165) is 37.2 Å². The molecule has 0 amide bonds. The van der Waals surface area contributed by atoms with Crippen LogP contribution in [0, 0.1) is 5.82 Å². The summed E-state index contributed by atoms with van der Waals surface area (Å²) in [6, 6.07) is 7.73. The van der Waals surface area contributed by atoms with Crippen molar-refractivity contribution in [3.63, 3.8) is 0 Å². The van der Waals surface area contributed by atoms with E-state index in [0.29, 0.717) is 12.1 Å². The van der Waals surface area contributed by atoms with Gasteiger partial charge >= 0.3 is 0 Å². The number of rotatable bonds is 5. The highest BCUT2D eigenvalue weighted by molar-refractivity contribution is 5.16. The summed E-state index contributed by atoms with van der Waals surface area (Å²) in [7, 11) is 2.00. The van der Waals surface area contributed by atoms with Crippen LogP contribution in [0.15, 0.2) is 30.6 Å². The molecule has 0 unspecified atom stereocenters. The first-order valence-electron chi connectivity index (χ1n) is 7.99. The number of nitrogens with zero attached hydrogens (tertiary/aromatic N) is 4. The van der Waals surface area contributed by atoms with Crippen molar-refractivity contribution in [1.29, 1.82) is 0 Å². The smallest absolute Gasteiger partial charge is 0.149 e. The summed E-state index contributed by atoms with van der Waals surface area (Å²) >= 11 is 0. The molecule has 1 fully saturated rings. The van der Waals surface area contributed by atoms with Gasteiger partial charge in [0.2, 0.25) is 0 Å². The Bertz CT molecular complexity index is 625. The summed E-state index contributed by atoms with van der Waals surface area (Å²) in [5, 5.41) is 8.29. The van der Waals surface area contributed by atoms with Crippen LogP contribution in [-0.4, -0.2) is 32.3 Å². The second-order valence-corrected chi connectivity index (χ2v) is 6.21. The van der Waals surface area contributed by atoms with Crippen LogP contribution in [0.4, 0.5) is 4.39 Å². The molecular weight excluding hydrogens is 279 g/mol. The van der Waals surface area contributed by atoms with Gasteiger partial charge in [0.25, 0.3) is 0 Å². The minimum absolute atomic E-state index is 0.150. The van der Waals surface area contributed by atoms with E-state index in [9.17, 15) is 4.39 Å². The maximum absolute atomic E-state index is 13.3. The van der Waals surface area contributed by atoms with Crippen molar-refractivity contribution in [2.75, 3.05) is 6.54 Å². The van der Waals surface area contributed by atoms with Gasteiger partial charge in [0.15, 0.2) is 0 Å². The average Bonchev–Trinajstić information content (AvgIpc) is 3.13. The number of benzene rings is 1. The van der Waals surface area contributed by atoms with E-state index in [2.05, 4.69) is 22.0 Å². The second kappa shape index (κ2) is 6.57. The Morgan fingerprint density at radius 1 is 1.41 bits per heavy atom. The average molecular weight is 302 g/mol. The molecule has 2 atom stereocenters. The number of halogens is 1. The predicted octanol–water partition coefficient (Wildman–Crippen LogP) is 3.11. The maximum atomic E-state index is 13.3. The van der Waals surface area contributed by atoms with E-state index >= 15 is 0 Å². The lowest BCUT2D eigenvalue weighted by atomic mass is 10.0. The van der Waals surface area contributed by atoms with E-state index in [1.807, 2.05) is 17.7 Å². The molecule has 3 rings (SSSR count). The quantitative estimate of drug-likeness (QED) is 0.851. The molecule has 1 aliphatic heterocycles. The summed E-state index contributed by atoms with van der Waals surface area (Å²) in [6.45, 7) is 3.36.